The van der Waals surface area contributed by atoms with Gasteiger partial charge in [0.1, 0.15) is 11.5 Å². The van der Waals surface area contributed by atoms with Crippen LogP contribution in [0.15, 0.2) is 28.7 Å². The van der Waals surface area contributed by atoms with Gasteiger partial charge >= 0.3 is 0 Å². The lowest BCUT2D eigenvalue weighted by Crippen LogP contribution is -2.47. The topological polar surface area (TPSA) is 36.7 Å². The third kappa shape index (κ3) is 3.35. The van der Waals surface area contributed by atoms with Gasteiger partial charge in [-0.05, 0) is 58.0 Å². The second kappa shape index (κ2) is 6.49. The van der Waals surface area contributed by atoms with Crippen LogP contribution in [-0.4, -0.2) is 48.4 Å². The van der Waals surface area contributed by atoms with E-state index in [1.54, 1.807) is 0 Å². The van der Waals surface area contributed by atoms with Crippen molar-refractivity contribution in [1.29, 1.82) is 0 Å². The van der Waals surface area contributed by atoms with Gasteiger partial charge in [0.25, 0.3) is 5.91 Å². The number of likely N-dealkylation sites (tertiary alicyclic amines) is 1. The molecule has 1 aliphatic rings. The number of thiophene rings is 1. The molecule has 0 bridgehead atoms. The predicted molar refractivity (Wildman–Crippen MR) is 94.0 cm³/mol. The van der Waals surface area contributed by atoms with Crippen molar-refractivity contribution >= 4 is 17.2 Å². The van der Waals surface area contributed by atoms with Crippen molar-refractivity contribution in [1.82, 2.24) is 9.80 Å². The van der Waals surface area contributed by atoms with Gasteiger partial charge in [-0.15, -0.1) is 11.3 Å². The molecular weight excluding hydrogens is 308 g/mol. The van der Waals surface area contributed by atoms with Crippen LogP contribution in [-0.2, 0) is 0 Å². The second-order valence-electron chi connectivity index (χ2n) is 6.50. The number of aryl methyl sites for hydroxylation is 1. The molecule has 0 aliphatic carbocycles. The minimum absolute atomic E-state index is 0.117. The van der Waals surface area contributed by atoms with Crippen LogP contribution >= 0.6 is 11.3 Å². The first-order chi connectivity index (χ1) is 11.0. The molecule has 1 fully saturated rings. The highest BCUT2D eigenvalue weighted by Gasteiger charge is 2.29. The number of amides is 1. The van der Waals surface area contributed by atoms with Crippen LogP contribution in [0.4, 0.5) is 0 Å². The molecule has 0 saturated carbocycles. The fraction of sp³-hybridized carbons (Fsp3) is 0.500. The molecule has 0 aromatic carbocycles. The van der Waals surface area contributed by atoms with E-state index in [-0.39, 0.29) is 5.91 Å². The number of carbonyl (C=O) groups excluding carboxylic acids is 1. The lowest BCUT2D eigenvalue weighted by atomic mass is 9.97. The molecule has 2 aromatic heterocycles. The summed E-state index contributed by atoms with van der Waals surface area (Å²) in [4.78, 5) is 18.8. The molecule has 3 heterocycles. The number of nitrogens with zero attached hydrogens (tertiary/aromatic N) is 2. The average Bonchev–Trinajstić information content (AvgIpc) is 3.17. The lowest BCUT2D eigenvalue weighted by Gasteiger charge is -2.39. The number of rotatable bonds is 3. The van der Waals surface area contributed by atoms with Crippen molar-refractivity contribution in [2.24, 2.45) is 0 Å². The van der Waals surface area contributed by atoms with E-state index in [0.29, 0.717) is 12.1 Å². The average molecular weight is 332 g/mol. The Morgan fingerprint density at radius 1 is 1.35 bits per heavy atom. The van der Waals surface area contributed by atoms with Crippen LogP contribution in [0, 0.1) is 6.92 Å². The van der Waals surface area contributed by atoms with Crippen LogP contribution < -0.4 is 0 Å². The summed E-state index contributed by atoms with van der Waals surface area (Å²) in [5.74, 6) is 1.84. The van der Waals surface area contributed by atoms with Crippen molar-refractivity contribution in [2.45, 2.75) is 38.8 Å². The molecule has 0 spiro atoms. The third-order valence-corrected chi connectivity index (χ3v) is 5.94. The zero-order valence-corrected chi connectivity index (χ0v) is 15.0. The van der Waals surface area contributed by atoms with Crippen molar-refractivity contribution in [3.8, 4) is 10.6 Å². The molecule has 0 radical (unpaired) electrons. The third-order valence-electron chi connectivity index (χ3n) is 4.85. The van der Waals surface area contributed by atoms with Crippen LogP contribution in [0.2, 0.25) is 0 Å². The Morgan fingerprint density at radius 3 is 2.78 bits per heavy atom. The summed E-state index contributed by atoms with van der Waals surface area (Å²) in [6.07, 6.45) is 2.08. The van der Waals surface area contributed by atoms with E-state index in [1.807, 2.05) is 43.1 Å². The molecule has 0 N–H and O–H groups in total. The molecule has 4 nitrogen and oxygen atoms in total. The van der Waals surface area contributed by atoms with Crippen molar-refractivity contribution in [3.63, 3.8) is 0 Å². The highest BCUT2D eigenvalue weighted by molar-refractivity contribution is 7.17. The first-order valence-corrected chi connectivity index (χ1v) is 8.91. The van der Waals surface area contributed by atoms with Gasteiger partial charge < -0.3 is 14.2 Å². The first kappa shape index (κ1) is 16.3. The van der Waals surface area contributed by atoms with E-state index >= 15 is 0 Å². The van der Waals surface area contributed by atoms with E-state index in [0.717, 1.165) is 40.7 Å². The zero-order valence-electron chi connectivity index (χ0n) is 14.2. The Hall–Kier alpha value is -1.59. The molecule has 1 amide bonds. The monoisotopic (exact) mass is 332 g/mol. The number of piperidine rings is 1. The molecule has 3 rings (SSSR count). The molecule has 5 heteroatoms. The second-order valence-corrected chi connectivity index (χ2v) is 7.58. The van der Waals surface area contributed by atoms with Gasteiger partial charge in [-0.3, -0.25) is 4.79 Å². The summed E-state index contributed by atoms with van der Waals surface area (Å²) in [5.41, 5.74) is 0. The van der Waals surface area contributed by atoms with Crippen LogP contribution in [0.1, 0.15) is 35.2 Å². The maximum Gasteiger partial charge on any atom is 0.263 e. The molecule has 0 unspecified atom stereocenters. The molecule has 1 saturated heterocycles. The number of carbonyl (C=O) groups is 1. The molecular formula is C18H24N2O2S. The summed E-state index contributed by atoms with van der Waals surface area (Å²) in [6.45, 7) is 5.20. The van der Waals surface area contributed by atoms with Gasteiger partial charge in [0, 0.05) is 25.7 Å². The van der Waals surface area contributed by atoms with Crippen molar-refractivity contribution in [2.75, 3.05) is 20.6 Å². The maximum absolute atomic E-state index is 12.8. The van der Waals surface area contributed by atoms with E-state index in [2.05, 4.69) is 18.9 Å². The summed E-state index contributed by atoms with van der Waals surface area (Å²) >= 11 is 1.51. The fourth-order valence-electron chi connectivity index (χ4n) is 3.11. The Labute approximate surface area is 141 Å². The zero-order chi connectivity index (χ0) is 16.6. The summed E-state index contributed by atoms with van der Waals surface area (Å²) < 4.78 is 5.65. The standard InChI is InChI=1S/C18H24N2O2S/c1-12-11-14(9-10-19(12)3)20(4)18(21)17-8-7-16(23-17)15-6-5-13(2)22-15/h5-8,12,14H,9-11H2,1-4H3/t12-,14+/m0/s1. The van der Waals surface area contributed by atoms with E-state index in [9.17, 15) is 4.79 Å². The molecule has 2 atom stereocenters. The van der Waals surface area contributed by atoms with Crippen LogP contribution in [0.5, 0.6) is 0 Å². The van der Waals surface area contributed by atoms with Gasteiger partial charge in [0.15, 0.2) is 0 Å². The summed E-state index contributed by atoms with van der Waals surface area (Å²) in [5, 5.41) is 0. The van der Waals surface area contributed by atoms with Crippen molar-refractivity contribution in [3.05, 3.63) is 34.9 Å². The molecule has 1 aliphatic heterocycles. The van der Waals surface area contributed by atoms with E-state index in [1.165, 1.54) is 11.3 Å². The highest BCUT2D eigenvalue weighted by Crippen LogP contribution is 2.31. The van der Waals surface area contributed by atoms with Crippen LogP contribution in [0.25, 0.3) is 10.6 Å². The smallest absolute Gasteiger partial charge is 0.263 e. The predicted octanol–water partition coefficient (Wildman–Crippen LogP) is 3.87. The van der Waals surface area contributed by atoms with Gasteiger partial charge in [-0.25, -0.2) is 0 Å². The molecule has 124 valence electrons. The Morgan fingerprint density at radius 2 is 2.13 bits per heavy atom. The highest BCUT2D eigenvalue weighted by atomic mass is 32.1. The lowest BCUT2D eigenvalue weighted by molar-refractivity contribution is 0.0603. The Kier molecular flexibility index (Phi) is 4.60. The quantitative estimate of drug-likeness (QED) is 0.856. The normalized spacial score (nSPS) is 22.3. The van der Waals surface area contributed by atoms with Crippen LogP contribution in [0.3, 0.4) is 0 Å². The number of furan rings is 1. The van der Waals surface area contributed by atoms with Gasteiger partial charge in [-0.2, -0.15) is 0 Å². The fourth-order valence-corrected chi connectivity index (χ4v) is 4.06. The van der Waals surface area contributed by atoms with E-state index < -0.39 is 0 Å². The van der Waals surface area contributed by atoms with Gasteiger partial charge in [0.2, 0.25) is 0 Å². The maximum atomic E-state index is 12.8. The summed E-state index contributed by atoms with van der Waals surface area (Å²) in [7, 11) is 4.08. The SMILES string of the molecule is Cc1ccc(-c2ccc(C(=O)N(C)[C@@H]3CCN(C)[C@@H](C)C3)s2)o1. The number of hydrogen-bond acceptors (Lipinski definition) is 4. The Balaban J connectivity index is 1.72. The first-order valence-electron chi connectivity index (χ1n) is 8.09. The van der Waals surface area contributed by atoms with Crippen molar-refractivity contribution < 1.29 is 9.21 Å². The minimum Gasteiger partial charge on any atom is -0.461 e. The van der Waals surface area contributed by atoms with E-state index in [4.69, 9.17) is 4.42 Å². The number of hydrogen-bond donors (Lipinski definition) is 0. The molecule has 23 heavy (non-hydrogen) atoms. The minimum atomic E-state index is 0.117. The largest absolute Gasteiger partial charge is 0.461 e. The molecule has 2 aromatic rings. The van der Waals surface area contributed by atoms with Gasteiger partial charge in [-0.1, -0.05) is 0 Å². The summed E-state index contributed by atoms with van der Waals surface area (Å²) in [6, 6.07) is 8.63. The Bertz CT molecular complexity index is 691. The van der Waals surface area contributed by atoms with Gasteiger partial charge in [0.05, 0.1) is 9.75 Å².